The quantitative estimate of drug-likeness (QED) is 0.735. The highest BCUT2D eigenvalue weighted by atomic mass is 19.1. The summed E-state index contributed by atoms with van der Waals surface area (Å²) in [5.41, 5.74) is 1.82. The van der Waals surface area contributed by atoms with Crippen molar-refractivity contribution in [1.82, 2.24) is 5.32 Å². The molecular weight excluding hydrogens is 263 g/mol. The minimum Gasteiger partial charge on any atom is -0.369 e. The van der Waals surface area contributed by atoms with Gasteiger partial charge in [-0.3, -0.25) is 0 Å². The molecule has 0 unspecified atom stereocenters. The van der Waals surface area contributed by atoms with Gasteiger partial charge < -0.3 is 10.2 Å². The molecule has 0 amide bonds. The second-order valence-corrected chi connectivity index (χ2v) is 6.14. The van der Waals surface area contributed by atoms with E-state index in [0.717, 1.165) is 30.9 Å². The second kappa shape index (κ2) is 8.38. The van der Waals surface area contributed by atoms with Gasteiger partial charge in [-0.15, -0.1) is 0 Å². The van der Waals surface area contributed by atoms with Gasteiger partial charge in [0.05, 0.1) is 5.69 Å². The number of anilines is 1. The van der Waals surface area contributed by atoms with Crippen LogP contribution in [0.15, 0.2) is 18.2 Å². The van der Waals surface area contributed by atoms with Crippen molar-refractivity contribution in [1.29, 1.82) is 0 Å². The lowest BCUT2D eigenvalue weighted by atomic mass is 10.1. The minimum absolute atomic E-state index is 0.0726. The molecule has 0 aromatic heterocycles. The van der Waals surface area contributed by atoms with Gasteiger partial charge in [0.25, 0.3) is 0 Å². The Labute approximate surface area is 128 Å². The highest BCUT2D eigenvalue weighted by Crippen LogP contribution is 2.26. The average molecular weight is 292 g/mol. The monoisotopic (exact) mass is 292 g/mol. The zero-order valence-corrected chi connectivity index (χ0v) is 13.5. The lowest BCUT2D eigenvalue weighted by Gasteiger charge is -2.29. The van der Waals surface area contributed by atoms with Gasteiger partial charge in [-0.05, 0) is 56.8 Å². The number of unbranched alkanes of at least 4 members (excludes halogenated alkanes) is 2. The van der Waals surface area contributed by atoms with Crippen molar-refractivity contribution in [3.05, 3.63) is 29.6 Å². The van der Waals surface area contributed by atoms with Crippen LogP contribution in [-0.2, 0) is 0 Å². The Hall–Kier alpha value is -1.09. The van der Waals surface area contributed by atoms with Crippen LogP contribution in [0.4, 0.5) is 10.1 Å². The van der Waals surface area contributed by atoms with Crippen LogP contribution in [-0.4, -0.2) is 19.6 Å². The van der Waals surface area contributed by atoms with Crippen LogP contribution in [0.2, 0.25) is 0 Å². The van der Waals surface area contributed by atoms with Crippen molar-refractivity contribution in [2.75, 3.05) is 24.5 Å². The largest absolute Gasteiger partial charge is 0.369 e. The predicted molar refractivity (Wildman–Crippen MR) is 88.4 cm³/mol. The minimum atomic E-state index is -0.0726. The Morgan fingerprint density at radius 2 is 1.95 bits per heavy atom. The van der Waals surface area contributed by atoms with Gasteiger partial charge >= 0.3 is 0 Å². The van der Waals surface area contributed by atoms with Crippen LogP contribution in [0.25, 0.3) is 0 Å². The Bertz CT molecular complexity index is 427. The molecule has 3 heteroatoms. The third-order valence-corrected chi connectivity index (χ3v) is 4.40. The first-order valence-corrected chi connectivity index (χ1v) is 8.50. The summed E-state index contributed by atoms with van der Waals surface area (Å²) < 4.78 is 14.4. The Morgan fingerprint density at radius 1 is 1.19 bits per heavy atom. The molecule has 1 aliphatic rings. The lowest BCUT2D eigenvalue weighted by Crippen LogP contribution is -2.30. The first-order valence-electron chi connectivity index (χ1n) is 8.50. The second-order valence-electron chi connectivity index (χ2n) is 6.14. The molecule has 1 heterocycles. The van der Waals surface area contributed by atoms with E-state index in [9.17, 15) is 4.39 Å². The maximum Gasteiger partial charge on any atom is 0.146 e. The highest BCUT2D eigenvalue weighted by Gasteiger charge is 2.16. The molecule has 2 nitrogen and oxygen atoms in total. The van der Waals surface area contributed by atoms with Crippen LogP contribution in [0.1, 0.15) is 64.0 Å². The Balaban J connectivity index is 1.94. The molecule has 118 valence electrons. The summed E-state index contributed by atoms with van der Waals surface area (Å²) in [5, 5.41) is 3.48. The van der Waals surface area contributed by atoms with Crippen molar-refractivity contribution in [2.24, 2.45) is 0 Å². The predicted octanol–water partition coefficient (Wildman–Crippen LogP) is 4.66. The fourth-order valence-corrected chi connectivity index (χ4v) is 3.00. The standard InChI is InChI=1S/C18H29FN2/c1-3-4-6-11-20-15(2)16-9-10-18(17(19)14-16)21-12-7-5-8-13-21/h9-10,14-15,20H,3-8,11-13H2,1-2H3/t15-/m0/s1. The van der Waals surface area contributed by atoms with Gasteiger partial charge in [-0.2, -0.15) is 0 Å². The molecule has 21 heavy (non-hydrogen) atoms. The summed E-state index contributed by atoms with van der Waals surface area (Å²) in [6, 6.07) is 5.96. The van der Waals surface area contributed by atoms with Gasteiger partial charge in [0, 0.05) is 19.1 Å². The SMILES string of the molecule is CCCCCN[C@@H](C)c1ccc(N2CCCCC2)c(F)c1. The van der Waals surface area contributed by atoms with E-state index in [4.69, 9.17) is 0 Å². The van der Waals surface area contributed by atoms with Crippen LogP contribution >= 0.6 is 0 Å². The molecule has 1 N–H and O–H groups in total. The van der Waals surface area contributed by atoms with Crippen LogP contribution in [0.3, 0.4) is 0 Å². The van der Waals surface area contributed by atoms with E-state index in [1.165, 1.54) is 38.5 Å². The number of rotatable bonds is 7. The molecule has 2 rings (SSSR count). The lowest BCUT2D eigenvalue weighted by molar-refractivity contribution is 0.535. The van der Waals surface area contributed by atoms with E-state index in [0.29, 0.717) is 0 Å². The average Bonchev–Trinajstić information content (AvgIpc) is 2.52. The van der Waals surface area contributed by atoms with Crippen molar-refractivity contribution in [3.63, 3.8) is 0 Å². The number of nitrogens with one attached hydrogen (secondary N) is 1. The number of halogens is 1. The van der Waals surface area contributed by atoms with Crippen molar-refractivity contribution >= 4 is 5.69 Å². The summed E-state index contributed by atoms with van der Waals surface area (Å²) in [6.07, 6.45) is 7.30. The fourth-order valence-electron chi connectivity index (χ4n) is 3.00. The summed E-state index contributed by atoms with van der Waals surface area (Å²) in [4.78, 5) is 2.18. The van der Waals surface area contributed by atoms with Gasteiger partial charge in [0.1, 0.15) is 5.82 Å². The van der Waals surface area contributed by atoms with Crippen LogP contribution in [0, 0.1) is 5.82 Å². The zero-order valence-electron chi connectivity index (χ0n) is 13.5. The third kappa shape index (κ3) is 4.70. The number of nitrogens with zero attached hydrogens (tertiary/aromatic N) is 1. The number of hydrogen-bond acceptors (Lipinski definition) is 2. The maximum atomic E-state index is 14.4. The normalized spacial score (nSPS) is 17.0. The van der Waals surface area contributed by atoms with E-state index in [2.05, 4.69) is 30.1 Å². The van der Waals surface area contributed by atoms with Gasteiger partial charge in [0.2, 0.25) is 0 Å². The zero-order chi connectivity index (χ0) is 15.1. The molecule has 0 saturated carbocycles. The molecule has 1 atom stereocenters. The Kier molecular flexibility index (Phi) is 6.50. The topological polar surface area (TPSA) is 15.3 Å². The van der Waals surface area contributed by atoms with E-state index >= 15 is 0 Å². The summed E-state index contributed by atoms with van der Waals surface area (Å²) in [5.74, 6) is -0.0726. The molecule has 1 aromatic rings. The van der Waals surface area contributed by atoms with Crippen molar-refractivity contribution < 1.29 is 4.39 Å². The van der Waals surface area contributed by atoms with Crippen molar-refractivity contribution in [3.8, 4) is 0 Å². The number of benzene rings is 1. The highest BCUT2D eigenvalue weighted by molar-refractivity contribution is 5.49. The molecule has 0 bridgehead atoms. The van der Waals surface area contributed by atoms with Gasteiger partial charge in [-0.1, -0.05) is 25.8 Å². The first kappa shape index (κ1) is 16.3. The summed E-state index contributed by atoms with van der Waals surface area (Å²) in [6.45, 7) is 7.30. The molecule has 1 saturated heterocycles. The first-order chi connectivity index (χ1) is 10.2. The maximum absolute atomic E-state index is 14.4. The fraction of sp³-hybridized carbons (Fsp3) is 0.667. The van der Waals surface area contributed by atoms with Gasteiger partial charge in [-0.25, -0.2) is 4.39 Å². The van der Waals surface area contributed by atoms with Gasteiger partial charge in [0.15, 0.2) is 0 Å². The van der Waals surface area contributed by atoms with Crippen molar-refractivity contribution in [2.45, 2.75) is 58.4 Å². The molecule has 0 spiro atoms. The van der Waals surface area contributed by atoms with E-state index in [1.807, 2.05) is 6.07 Å². The van der Waals surface area contributed by atoms with Crippen LogP contribution < -0.4 is 10.2 Å². The molecule has 1 aliphatic heterocycles. The van der Waals surface area contributed by atoms with Crippen LogP contribution in [0.5, 0.6) is 0 Å². The number of hydrogen-bond donors (Lipinski definition) is 1. The summed E-state index contributed by atoms with van der Waals surface area (Å²) >= 11 is 0. The molecule has 1 aromatic carbocycles. The molecule has 0 aliphatic carbocycles. The smallest absolute Gasteiger partial charge is 0.146 e. The molecule has 0 radical (unpaired) electrons. The van der Waals surface area contributed by atoms with E-state index in [-0.39, 0.29) is 11.9 Å². The third-order valence-electron chi connectivity index (χ3n) is 4.40. The molecular formula is C18H29FN2. The van der Waals surface area contributed by atoms with E-state index in [1.54, 1.807) is 6.07 Å². The number of piperidine rings is 1. The molecule has 1 fully saturated rings. The van der Waals surface area contributed by atoms with E-state index < -0.39 is 0 Å². The Morgan fingerprint density at radius 3 is 2.62 bits per heavy atom. The summed E-state index contributed by atoms with van der Waals surface area (Å²) in [7, 11) is 0.